The van der Waals surface area contributed by atoms with Gasteiger partial charge in [-0.2, -0.15) is 0 Å². The van der Waals surface area contributed by atoms with Crippen molar-refractivity contribution in [1.29, 1.82) is 0 Å². The minimum atomic E-state index is -1.26. The number of nitrogens with one attached hydrogen (secondary N) is 1. The van der Waals surface area contributed by atoms with Crippen molar-refractivity contribution in [3.63, 3.8) is 0 Å². The van der Waals surface area contributed by atoms with E-state index in [0.29, 0.717) is 17.2 Å². The lowest BCUT2D eigenvalue weighted by molar-refractivity contribution is -0.384. The zero-order chi connectivity index (χ0) is 15.6. The highest BCUT2D eigenvalue weighted by molar-refractivity contribution is 14.1. The van der Waals surface area contributed by atoms with Crippen molar-refractivity contribution in [2.75, 3.05) is 11.9 Å². The van der Waals surface area contributed by atoms with Crippen LogP contribution in [0.15, 0.2) is 34.7 Å². The summed E-state index contributed by atoms with van der Waals surface area (Å²) in [7, 11) is 0. The van der Waals surface area contributed by atoms with Gasteiger partial charge in [0.1, 0.15) is 22.8 Å². The predicted molar refractivity (Wildman–Crippen MR) is 87.3 cm³/mol. The number of aliphatic hydroxyl groups is 1. The molecule has 2 rings (SSSR count). The smallest absolute Gasteiger partial charge is 0.293 e. The first kappa shape index (κ1) is 15.8. The van der Waals surface area contributed by atoms with E-state index < -0.39 is 10.5 Å². The van der Waals surface area contributed by atoms with Gasteiger partial charge < -0.3 is 14.8 Å². The van der Waals surface area contributed by atoms with Gasteiger partial charge in [0.15, 0.2) is 0 Å². The lowest BCUT2D eigenvalue weighted by atomic mass is 10.0. The van der Waals surface area contributed by atoms with Crippen LogP contribution in [-0.4, -0.2) is 16.6 Å². The molecular formula is C14H15IN2O4. The second-order valence-corrected chi connectivity index (χ2v) is 6.20. The molecule has 1 aromatic carbocycles. The van der Waals surface area contributed by atoms with Crippen molar-refractivity contribution >= 4 is 34.0 Å². The molecule has 6 nitrogen and oxygen atoms in total. The molecule has 0 aliphatic rings. The minimum absolute atomic E-state index is 0.0201. The van der Waals surface area contributed by atoms with Crippen molar-refractivity contribution in [2.45, 2.75) is 19.4 Å². The largest absolute Gasteiger partial charge is 0.463 e. The van der Waals surface area contributed by atoms with Crippen LogP contribution in [0.3, 0.4) is 0 Å². The van der Waals surface area contributed by atoms with E-state index in [1.165, 1.54) is 6.07 Å². The first-order chi connectivity index (χ1) is 9.79. The Morgan fingerprint density at radius 2 is 2.14 bits per heavy atom. The van der Waals surface area contributed by atoms with E-state index >= 15 is 0 Å². The van der Waals surface area contributed by atoms with Crippen molar-refractivity contribution < 1.29 is 14.4 Å². The van der Waals surface area contributed by atoms with Crippen LogP contribution in [0.25, 0.3) is 0 Å². The molecule has 1 unspecified atom stereocenters. The molecule has 0 amide bonds. The number of hydrogen-bond donors (Lipinski definition) is 2. The van der Waals surface area contributed by atoms with Crippen molar-refractivity contribution in [3.05, 3.63) is 55.5 Å². The normalized spacial score (nSPS) is 13.7. The summed E-state index contributed by atoms with van der Waals surface area (Å²) in [5.41, 5.74) is -0.914. The Kier molecular flexibility index (Phi) is 4.52. The van der Waals surface area contributed by atoms with E-state index in [1.54, 1.807) is 38.1 Å². The Balaban J connectivity index is 2.18. The molecule has 0 aliphatic heterocycles. The van der Waals surface area contributed by atoms with Gasteiger partial charge in [-0.1, -0.05) is 0 Å². The van der Waals surface area contributed by atoms with Crippen LogP contribution >= 0.6 is 22.6 Å². The van der Waals surface area contributed by atoms with Gasteiger partial charge in [-0.3, -0.25) is 10.1 Å². The lowest BCUT2D eigenvalue weighted by Crippen LogP contribution is -2.30. The first-order valence-electron chi connectivity index (χ1n) is 6.27. The van der Waals surface area contributed by atoms with Crippen molar-refractivity contribution in [2.24, 2.45) is 0 Å². The van der Waals surface area contributed by atoms with Crippen molar-refractivity contribution in [1.82, 2.24) is 0 Å². The molecule has 112 valence electrons. The van der Waals surface area contributed by atoms with Gasteiger partial charge in [-0.05, 0) is 60.7 Å². The molecule has 0 radical (unpaired) electrons. The second-order valence-electron chi connectivity index (χ2n) is 4.96. The molecule has 2 aromatic rings. The maximum atomic E-state index is 11.1. The standard InChI is InChI=1S/C14H15IN2O4/c1-9-3-6-13(21-9)14(2,18)8-16-11-5-4-10(15)7-12(11)17(19)20/h3-7,16,18H,8H2,1-2H3. The summed E-state index contributed by atoms with van der Waals surface area (Å²) in [6, 6.07) is 8.33. The summed E-state index contributed by atoms with van der Waals surface area (Å²) in [6.45, 7) is 3.48. The summed E-state index contributed by atoms with van der Waals surface area (Å²) in [6.07, 6.45) is 0. The Morgan fingerprint density at radius 1 is 1.43 bits per heavy atom. The van der Waals surface area contributed by atoms with Crippen LogP contribution in [0.2, 0.25) is 0 Å². The predicted octanol–water partition coefficient (Wildman–Crippen LogP) is 3.42. The van der Waals surface area contributed by atoms with Crippen molar-refractivity contribution in [3.8, 4) is 0 Å². The lowest BCUT2D eigenvalue weighted by Gasteiger charge is -2.21. The summed E-state index contributed by atoms with van der Waals surface area (Å²) in [5.74, 6) is 1.12. The molecule has 0 saturated carbocycles. The highest BCUT2D eigenvalue weighted by Gasteiger charge is 2.27. The monoisotopic (exact) mass is 402 g/mol. The number of benzene rings is 1. The topological polar surface area (TPSA) is 88.5 Å². The number of furan rings is 1. The summed E-state index contributed by atoms with van der Waals surface area (Å²) in [4.78, 5) is 10.6. The highest BCUT2D eigenvalue weighted by atomic mass is 127. The third-order valence-corrected chi connectivity index (χ3v) is 3.72. The molecule has 0 bridgehead atoms. The molecule has 7 heteroatoms. The van der Waals surface area contributed by atoms with Crippen LogP contribution < -0.4 is 5.32 Å². The highest BCUT2D eigenvalue weighted by Crippen LogP contribution is 2.29. The van der Waals surface area contributed by atoms with E-state index in [9.17, 15) is 15.2 Å². The third-order valence-electron chi connectivity index (χ3n) is 3.05. The summed E-state index contributed by atoms with van der Waals surface area (Å²) < 4.78 is 6.18. The molecule has 1 heterocycles. The van der Waals surface area contributed by atoms with Gasteiger partial charge in [0, 0.05) is 9.64 Å². The molecule has 21 heavy (non-hydrogen) atoms. The number of halogens is 1. The molecule has 0 aliphatic carbocycles. The molecule has 2 N–H and O–H groups in total. The van der Waals surface area contributed by atoms with Gasteiger partial charge in [0.25, 0.3) is 5.69 Å². The van der Waals surface area contributed by atoms with Crippen LogP contribution in [-0.2, 0) is 5.60 Å². The van der Waals surface area contributed by atoms with E-state index in [-0.39, 0.29) is 12.2 Å². The molecule has 1 aromatic heterocycles. The van der Waals surface area contributed by atoms with Crippen LogP contribution in [0.5, 0.6) is 0 Å². The van der Waals surface area contributed by atoms with E-state index in [2.05, 4.69) is 5.32 Å². The number of hydrogen-bond acceptors (Lipinski definition) is 5. The number of rotatable bonds is 5. The molecule has 0 spiro atoms. The number of nitro groups is 1. The fourth-order valence-corrected chi connectivity index (χ4v) is 2.36. The van der Waals surface area contributed by atoms with Gasteiger partial charge in [0.2, 0.25) is 0 Å². The Bertz CT molecular complexity index is 667. The molecular weight excluding hydrogens is 387 g/mol. The fraction of sp³-hybridized carbons (Fsp3) is 0.286. The summed E-state index contributed by atoms with van der Waals surface area (Å²) >= 11 is 2.02. The SMILES string of the molecule is Cc1ccc(C(C)(O)CNc2ccc(I)cc2[N+](=O)[O-])o1. The number of aryl methyl sites for hydroxylation is 1. The van der Waals surface area contributed by atoms with Gasteiger partial charge in [0.05, 0.1) is 11.5 Å². The van der Waals surface area contributed by atoms with Crippen LogP contribution in [0.4, 0.5) is 11.4 Å². The quantitative estimate of drug-likeness (QED) is 0.455. The number of nitro benzene ring substituents is 1. The minimum Gasteiger partial charge on any atom is -0.463 e. The molecule has 0 fully saturated rings. The zero-order valence-corrected chi connectivity index (χ0v) is 13.7. The Morgan fingerprint density at radius 3 is 2.71 bits per heavy atom. The summed E-state index contributed by atoms with van der Waals surface area (Å²) in [5, 5.41) is 24.4. The Labute approximate surface area is 135 Å². The van der Waals surface area contributed by atoms with E-state index in [1.807, 2.05) is 22.6 Å². The molecule has 0 saturated heterocycles. The van der Waals surface area contributed by atoms with Gasteiger partial charge in [-0.25, -0.2) is 0 Å². The zero-order valence-electron chi connectivity index (χ0n) is 11.6. The third kappa shape index (κ3) is 3.73. The van der Waals surface area contributed by atoms with Crippen LogP contribution in [0, 0.1) is 20.6 Å². The van der Waals surface area contributed by atoms with Gasteiger partial charge in [-0.15, -0.1) is 0 Å². The second kappa shape index (κ2) is 6.02. The number of nitrogens with zero attached hydrogens (tertiary/aromatic N) is 1. The average Bonchev–Trinajstić information content (AvgIpc) is 2.84. The van der Waals surface area contributed by atoms with E-state index in [0.717, 1.165) is 3.57 Å². The fourth-order valence-electron chi connectivity index (χ4n) is 1.88. The number of anilines is 1. The molecule has 1 atom stereocenters. The first-order valence-corrected chi connectivity index (χ1v) is 7.34. The van der Waals surface area contributed by atoms with Gasteiger partial charge >= 0.3 is 0 Å². The van der Waals surface area contributed by atoms with Crippen LogP contribution in [0.1, 0.15) is 18.4 Å². The average molecular weight is 402 g/mol. The maximum Gasteiger partial charge on any atom is 0.293 e. The Hall–Kier alpha value is -1.61. The van der Waals surface area contributed by atoms with E-state index in [4.69, 9.17) is 4.42 Å². The maximum absolute atomic E-state index is 11.1.